The molecule has 0 unspecified atom stereocenters. The second kappa shape index (κ2) is 7.14. The molecule has 0 aromatic heterocycles. The molecule has 0 radical (unpaired) electrons. The van der Waals surface area contributed by atoms with Crippen molar-refractivity contribution in [1.29, 1.82) is 0 Å². The summed E-state index contributed by atoms with van der Waals surface area (Å²) < 4.78 is 5.26. The van der Waals surface area contributed by atoms with Crippen LogP contribution in [-0.2, 0) is 4.79 Å². The maximum atomic E-state index is 12.4. The van der Waals surface area contributed by atoms with Crippen LogP contribution in [0.3, 0.4) is 0 Å². The molecular weight excluding hydrogens is 288 g/mol. The molecule has 2 atom stereocenters. The SMILES string of the molecule is COc1ccc(Cl)cc1NC(=O)[C@H](C)N1CCC[C@@H](C)C1. The van der Waals surface area contributed by atoms with E-state index in [2.05, 4.69) is 17.1 Å². The molecule has 0 spiro atoms. The van der Waals surface area contributed by atoms with Gasteiger partial charge in [0, 0.05) is 11.6 Å². The fraction of sp³-hybridized carbons (Fsp3) is 0.562. The Balaban J connectivity index is 2.05. The fourth-order valence-electron chi connectivity index (χ4n) is 2.76. The van der Waals surface area contributed by atoms with Gasteiger partial charge < -0.3 is 10.1 Å². The number of halogens is 1. The van der Waals surface area contributed by atoms with Gasteiger partial charge in [0.15, 0.2) is 0 Å². The number of carbonyl (C=O) groups excluding carboxylic acids is 1. The quantitative estimate of drug-likeness (QED) is 0.926. The van der Waals surface area contributed by atoms with Gasteiger partial charge in [-0.25, -0.2) is 0 Å². The highest BCUT2D eigenvalue weighted by atomic mass is 35.5. The van der Waals surface area contributed by atoms with E-state index in [1.54, 1.807) is 25.3 Å². The van der Waals surface area contributed by atoms with Crippen LogP contribution in [0.15, 0.2) is 18.2 Å². The molecule has 1 amide bonds. The van der Waals surface area contributed by atoms with Crippen molar-refractivity contribution in [2.75, 3.05) is 25.5 Å². The minimum Gasteiger partial charge on any atom is -0.495 e. The number of carbonyl (C=O) groups is 1. The first-order valence-corrected chi connectivity index (χ1v) is 7.77. The van der Waals surface area contributed by atoms with Crippen LogP contribution < -0.4 is 10.1 Å². The van der Waals surface area contributed by atoms with Gasteiger partial charge in [0.1, 0.15) is 5.75 Å². The maximum absolute atomic E-state index is 12.4. The van der Waals surface area contributed by atoms with Crippen molar-refractivity contribution in [3.63, 3.8) is 0 Å². The third-order valence-electron chi connectivity index (χ3n) is 4.03. The monoisotopic (exact) mass is 310 g/mol. The highest BCUT2D eigenvalue weighted by Crippen LogP contribution is 2.28. The van der Waals surface area contributed by atoms with Crippen LogP contribution in [0.25, 0.3) is 0 Å². The second-order valence-corrected chi connectivity index (χ2v) is 6.19. The van der Waals surface area contributed by atoms with Crippen LogP contribution in [0, 0.1) is 5.92 Å². The molecule has 2 rings (SSSR count). The third-order valence-corrected chi connectivity index (χ3v) is 4.27. The maximum Gasteiger partial charge on any atom is 0.241 e. The predicted octanol–water partition coefficient (Wildman–Crippen LogP) is 3.41. The van der Waals surface area contributed by atoms with Crippen molar-refractivity contribution in [3.8, 4) is 5.75 Å². The van der Waals surface area contributed by atoms with Gasteiger partial charge in [0.2, 0.25) is 5.91 Å². The van der Waals surface area contributed by atoms with E-state index in [0.717, 1.165) is 19.5 Å². The highest BCUT2D eigenvalue weighted by molar-refractivity contribution is 6.31. The Morgan fingerprint density at radius 1 is 1.52 bits per heavy atom. The minimum absolute atomic E-state index is 0.0235. The average molecular weight is 311 g/mol. The smallest absolute Gasteiger partial charge is 0.241 e. The van der Waals surface area contributed by atoms with Crippen LogP contribution in [-0.4, -0.2) is 37.0 Å². The molecule has 1 aliphatic heterocycles. The molecule has 1 heterocycles. The number of piperidine rings is 1. The second-order valence-electron chi connectivity index (χ2n) is 5.75. The van der Waals surface area contributed by atoms with Crippen molar-refractivity contribution in [3.05, 3.63) is 23.2 Å². The summed E-state index contributed by atoms with van der Waals surface area (Å²) in [7, 11) is 1.58. The topological polar surface area (TPSA) is 41.6 Å². The Morgan fingerprint density at radius 3 is 2.95 bits per heavy atom. The van der Waals surface area contributed by atoms with E-state index in [4.69, 9.17) is 16.3 Å². The van der Waals surface area contributed by atoms with Gasteiger partial charge in [0.25, 0.3) is 0 Å². The number of benzene rings is 1. The Morgan fingerprint density at radius 2 is 2.29 bits per heavy atom. The normalized spacial score (nSPS) is 20.9. The Hall–Kier alpha value is -1.26. The molecule has 116 valence electrons. The summed E-state index contributed by atoms with van der Waals surface area (Å²) in [6, 6.07) is 5.05. The molecule has 0 aliphatic carbocycles. The first-order valence-electron chi connectivity index (χ1n) is 7.39. The Kier molecular flexibility index (Phi) is 5.48. The minimum atomic E-state index is -0.156. The van der Waals surface area contributed by atoms with Crippen LogP contribution in [0.1, 0.15) is 26.7 Å². The zero-order valence-corrected chi connectivity index (χ0v) is 13.6. The third kappa shape index (κ3) is 4.11. The molecule has 21 heavy (non-hydrogen) atoms. The van der Waals surface area contributed by atoms with E-state index in [9.17, 15) is 4.79 Å². The van der Waals surface area contributed by atoms with Crippen molar-refractivity contribution in [1.82, 2.24) is 4.90 Å². The number of hydrogen-bond acceptors (Lipinski definition) is 3. The summed E-state index contributed by atoms with van der Waals surface area (Å²) in [5.41, 5.74) is 0.618. The number of hydrogen-bond donors (Lipinski definition) is 1. The van der Waals surface area contributed by atoms with Crippen LogP contribution in [0.5, 0.6) is 5.75 Å². The zero-order valence-electron chi connectivity index (χ0n) is 12.9. The zero-order chi connectivity index (χ0) is 15.4. The van der Waals surface area contributed by atoms with E-state index in [-0.39, 0.29) is 11.9 Å². The van der Waals surface area contributed by atoms with Crippen molar-refractivity contribution in [2.24, 2.45) is 5.92 Å². The predicted molar refractivity (Wildman–Crippen MR) is 86.1 cm³/mol. The summed E-state index contributed by atoms with van der Waals surface area (Å²) in [5, 5.41) is 3.50. The van der Waals surface area contributed by atoms with Gasteiger partial charge in [-0.2, -0.15) is 0 Å². The fourth-order valence-corrected chi connectivity index (χ4v) is 2.93. The summed E-state index contributed by atoms with van der Waals surface area (Å²) in [6.07, 6.45) is 2.40. The molecule has 1 N–H and O–H groups in total. The van der Waals surface area contributed by atoms with Gasteiger partial charge in [-0.05, 0) is 50.4 Å². The molecule has 1 fully saturated rings. The van der Waals surface area contributed by atoms with E-state index in [1.807, 2.05) is 6.92 Å². The summed E-state index contributed by atoms with van der Waals surface area (Å²) in [6.45, 7) is 6.13. The molecule has 0 saturated carbocycles. The summed E-state index contributed by atoms with van der Waals surface area (Å²) in [5.74, 6) is 1.24. The number of ether oxygens (including phenoxy) is 1. The number of methoxy groups -OCH3 is 1. The van der Waals surface area contributed by atoms with E-state index < -0.39 is 0 Å². The lowest BCUT2D eigenvalue weighted by Crippen LogP contribution is -2.46. The molecule has 4 nitrogen and oxygen atoms in total. The number of nitrogens with one attached hydrogen (secondary N) is 1. The number of rotatable bonds is 4. The highest BCUT2D eigenvalue weighted by Gasteiger charge is 2.26. The van der Waals surface area contributed by atoms with Crippen molar-refractivity contribution >= 4 is 23.2 Å². The standard InChI is InChI=1S/C16H23ClN2O2/c1-11-5-4-8-19(10-11)12(2)16(20)18-14-9-13(17)6-7-15(14)21-3/h6-7,9,11-12H,4-5,8,10H2,1-3H3,(H,18,20)/t11-,12+/m1/s1. The van der Waals surface area contributed by atoms with Gasteiger partial charge in [-0.3, -0.25) is 9.69 Å². The lowest BCUT2D eigenvalue weighted by molar-refractivity contribution is -0.121. The van der Waals surface area contributed by atoms with Crippen LogP contribution >= 0.6 is 11.6 Å². The summed E-state index contributed by atoms with van der Waals surface area (Å²) in [4.78, 5) is 14.7. The van der Waals surface area contributed by atoms with E-state index in [0.29, 0.717) is 22.4 Å². The number of nitrogens with zero attached hydrogens (tertiary/aromatic N) is 1. The van der Waals surface area contributed by atoms with Gasteiger partial charge in [-0.15, -0.1) is 0 Å². The first-order chi connectivity index (χ1) is 10.0. The molecule has 1 aromatic carbocycles. The molecule has 0 bridgehead atoms. The lowest BCUT2D eigenvalue weighted by Gasteiger charge is -2.34. The number of amides is 1. The molecule has 1 aliphatic rings. The molecule has 1 saturated heterocycles. The molecular formula is C16H23ClN2O2. The Labute approximate surface area is 131 Å². The molecule has 1 aromatic rings. The molecule has 5 heteroatoms. The van der Waals surface area contributed by atoms with Gasteiger partial charge >= 0.3 is 0 Å². The average Bonchev–Trinajstić information content (AvgIpc) is 2.46. The lowest BCUT2D eigenvalue weighted by atomic mass is 9.99. The first kappa shape index (κ1) is 16.1. The number of anilines is 1. The number of likely N-dealkylation sites (tertiary alicyclic amines) is 1. The van der Waals surface area contributed by atoms with Crippen molar-refractivity contribution in [2.45, 2.75) is 32.7 Å². The van der Waals surface area contributed by atoms with Crippen LogP contribution in [0.2, 0.25) is 5.02 Å². The van der Waals surface area contributed by atoms with E-state index in [1.165, 1.54) is 6.42 Å². The largest absolute Gasteiger partial charge is 0.495 e. The summed E-state index contributed by atoms with van der Waals surface area (Å²) >= 11 is 5.99. The van der Waals surface area contributed by atoms with Crippen LogP contribution in [0.4, 0.5) is 5.69 Å². The van der Waals surface area contributed by atoms with E-state index >= 15 is 0 Å². The van der Waals surface area contributed by atoms with Gasteiger partial charge in [0.05, 0.1) is 18.8 Å². The van der Waals surface area contributed by atoms with Crippen molar-refractivity contribution < 1.29 is 9.53 Å². The Bertz CT molecular complexity index is 507. The van der Waals surface area contributed by atoms with Gasteiger partial charge in [-0.1, -0.05) is 18.5 Å².